The fourth-order valence-electron chi connectivity index (χ4n) is 1.69. The van der Waals surface area contributed by atoms with Crippen molar-refractivity contribution in [3.8, 4) is 0 Å². The molecule has 1 aromatic carbocycles. The largest absolute Gasteiger partial charge is 0.381 e. The topological polar surface area (TPSA) is 50.9 Å². The number of rotatable bonds is 3. The van der Waals surface area contributed by atoms with Crippen molar-refractivity contribution in [2.45, 2.75) is 13.0 Å². The van der Waals surface area contributed by atoms with E-state index in [0.29, 0.717) is 11.1 Å². The van der Waals surface area contributed by atoms with Crippen LogP contribution in [-0.2, 0) is 0 Å². The number of hydrogen-bond donors (Lipinski definition) is 2. The van der Waals surface area contributed by atoms with E-state index < -0.39 is 11.6 Å². The van der Waals surface area contributed by atoms with Crippen LogP contribution in [0.4, 0.5) is 20.4 Å². The van der Waals surface area contributed by atoms with E-state index in [9.17, 15) is 8.78 Å². The van der Waals surface area contributed by atoms with Crippen LogP contribution in [0.15, 0.2) is 30.3 Å². The number of pyridine rings is 1. The Bertz CT molecular complexity index is 604. The lowest BCUT2D eigenvalue weighted by Gasteiger charge is -2.17. The van der Waals surface area contributed by atoms with Crippen molar-refractivity contribution in [1.82, 2.24) is 4.98 Å². The van der Waals surface area contributed by atoms with Crippen LogP contribution in [0.2, 0.25) is 5.02 Å². The Morgan fingerprint density at radius 2 is 1.95 bits per heavy atom. The van der Waals surface area contributed by atoms with Crippen molar-refractivity contribution in [3.05, 3.63) is 52.6 Å². The normalized spacial score (nSPS) is 12.2. The Labute approximate surface area is 114 Å². The van der Waals surface area contributed by atoms with E-state index in [0.717, 1.165) is 5.56 Å². The van der Waals surface area contributed by atoms with Gasteiger partial charge in [0.25, 0.3) is 0 Å². The molecule has 0 saturated carbocycles. The lowest BCUT2D eigenvalue weighted by Crippen LogP contribution is -2.11. The van der Waals surface area contributed by atoms with Crippen LogP contribution >= 0.6 is 11.6 Å². The predicted octanol–water partition coefficient (Wildman–Crippen LogP) is 3.77. The molecule has 0 spiro atoms. The molecular formula is C13H12ClF2N3. The molecule has 0 bridgehead atoms. The van der Waals surface area contributed by atoms with E-state index in [2.05, 4.69) is 10.3 Å². The number of nitrogens with one attached hydrogen (secondary N) is 1. The molecule has 1 aromatic heterocycles. The van der Waals surface area contributed by atoms with Crippen LogP contribution < -0.4 is 11.1 Å². The maximum Gasteiger partial charge on any atom is 0.168 e. The summed E-state index contributed by atoms with van der Waals surface area (Å²) in [6, 6.07) is 7.57. The minimum atomic E-state index is -0.881. The minimum absolute atomic E-state index is 0.105. The third-order valence-corrected chi connectivity index (χ3v) is 3.03. The summed E-state index contributed by atoms with van der Waals surface area (Å²) >= 11 is 6.04. The molecule has 0 amide bonds. The highest BCUT2D eigenvalue weighted by atomic mass is 35.5. The third-order valence-electron chi connectivity index (χ3n) is 2.68. The summed E-state index contributed by atoms with van der Waals surface area (Å²) in [5, 5.41) is 3.37. The Morgan fingerprint density at radius 1 is 1.26 bits per heavy atom. The van der Waals surface area contributed by atoms with Crippen LogP contribution in [-0.4, -0.2) is 4.98 Å². The van der Waals surface area contributed by atoms with Gasteiger partial charge in [0.05, 0.1) is 6.04 Å². The van der Waals surface area contributed by atoms with Crippen molar-refractivity contribution >= 4 is 23.2 Å². The zero-order chi connectivity index (χ0) is 14.0. The molecule has 2 rings (SSSR count). The van der Waals surface area contributed by atoms with Gasteiger partial charge in [-0.25, -0.2) is 13.8 Å². The van der Waals surface area contributed by atoms with Crippen LogP contribution in [0.1, 0.15) is 18.5 Å². The van der Waals surface area contributed by atoms with Gasteiger partial charge in [-0.1, -0.05) is 29.8 Å². The average Bonchev–Trinajstić information content (AvgIpc) is 2.36. The average molecular weight is 284 g/mol. The number of halogens is 3. The molecule has 0 aliphatic carbocycles. The van der Waals surface area contributed by atoms with Crippen LogP contribution in [0, 0.1) is 11.6 Å². The Hall–Kier alpha value is -1.88. The summed E-state index contributed by atoms with van der Waals surface area (Å²) in [5.74, 6) is -2.14. The summed E-state index contributed by atoms with van der Waals surface area (Å²) in [4.78, 5) is 3.64. The van der Waals surface area contributed by atoms with Crippen molar-refractivity contribution in [1.29, 1.82) is 0 Å². The van der Waals surface area contributed by atoms with Gasteiger partial charge in [0.1, 0.15) is 0 Å². The fourth-order valence-corrected chi connectivity index (χ4v) is 1.99. The molecule has 0 aliphatic heterocycles. The maximum absolute atomic E-state index is 13.6. The van der Waals surface area contributed by atoms with Crippen molar-refractivity contribution in [3.63, 3.8) is 0 Å². The lowest BCUT2D eigenvalue weighted by atomic mass is 10.1. The highest BCUT2D eigenvalue weighted by molar-refractivity contribution is 6.31. The highest BCUT2D eigenvalue weighted by Crippen LogP contribution is 2.26. The van der Waals surface area contributed by atoms with Gasteiger partial charge in [0.15, 0.2) is 23.3 Å². The molecule has 19 heavy (non-hydrogen) atoms. The van der Waals surface area contributed by atoms with E-state index in [1.807, 2.05) is 12.1 Å². The second-order valence-electron chi connectivity index (χ2n) is 4.07. The molecule has 1 heterocycles. The summed E-state index contributed by atoms with van der Waals surface area (Å²) in [6.07, 6.45) is 0. The van der Waals surface area contributed by atoms with Gasteiger partial charge in [-0.3, -0.25) is 0 Å². The van der Waals surface area contributed by atoms with Crippen molar-refractivity contribution < 1.29 is 8.78 Å². The highest BCUT2D eigenvalue weighted by Gasteiger charge is 2.14. The van der Waals surface area contributed by atoms with Crippen molar-refractivity contribution in [2.24, 2.45) is 0 Å². The number of aromatic nitrogens is 1. The second-order valence-corrected chi connectivity index (χ2v) is 4.48. The standard InChI is InChI=1S/C13H12ClF2N3/c1-7(8-4-2-3-5-9(8)14)18-13-11(16)6-10(15)12(17)19-13/h2-7H,1H3,(H3,17,18,19). The number of benzene rings is 1. The number of anilines is 2. The van der Waals surface area contributed by atoms with E-state index in [-0.39, 0.29) is 17.7 Å². The molecule has 0 radical (unpaired) electrons. The first-order valence-electron chi connectivity index (χ1n) is 5.61. The van der Waals surface area contributed by atoms with Gasteiger partial charge in [0.2, 0.25) is 0 Å². The fraction of sp³-hybridized carbons (Fsp3) is 0.154. The first kappa shape index (κ1) is 13.5. The molecule has 0 aliphatic rings. The summed E-state index contributed by atoms with van der Waals surface area (Å²) < 4.78 is 26.6. The van der Waals surface area contributed by atoms with E-state index in [4.69, 9.17) is 17.3 Å². The van der Waals surface area contributed by atoms with E-state index in [1.54, 1.807) is 19.1 Å². The minimum Gasteiger partial charge on any atom is -0.381 e. The summed E-state index contributed by atoms with van der Waals surface area (Å²) in [7, 11) is 0. The molecule has 0 fully saturated rings. The van der Waals surface area contributed by atoms with Gasteiger partial charge < -0.3 is 11.1 Å². The quantitative estimate of drug-likeness (QED) is 0.901. The molecule has 6 heteroatoms. The number of hydrogen-bond acceptors (Lipinski definition) is 3. The Kier molecular flexibility index (Phi) is 3.85. The van der Waals surface area contributed by atoms with Gasteiger partial charge in [0, 0.05) is 11.1 Å². The van der Waals surface area contributed by atoms with Crippen molar-refractivity contribution in [2.75, 3.05) is 11.1 Å². The predicted molar refractivity (Wildman–Crippen MR) is 72.1 cm³/mol. The van der Waals surface area contributed by atoms with E-state index >= 15 is 0 Å². The van der Waals surface area contributed by atoms with Gasteiger partial charge in [-0.2, -0.15) is 0 Å². The maximum atomic E-state index is 13.6. The molecule has 2 aromatic rings. The van der Waals surface area contributed by atoms with Gasteiger partial charge >= 0.3 is 0 Å². The van der Waals surface area contributed by atoms with E-state index in [1.165, 1.54) is 0 Å². The molecule has 1 atom stereocenters. The number of nitrogens with zero attached hydrogens (tertiary/aromatic N) is 1. The monoisotopic (exact) mass is 283 g/mol. The smallest absolute Gasteiger partial charge is 0.168 e. The second kappa shape index (κ2) is 5.40. The molecule has 100 valence electrons. The molecule has 1 unspecified atom stereocenters. The SMILES string of the molecule is CC(Nc1nc(N)c(F)cc1F)c1ccccc1Cl. The zero-order valence-electron chi connectivity index (χ0n) is 10.1. The van der Waals surface area contributed by atoms with Gasteiger partial charge in [-0.05, 0) is 18.6 Å². The third kappa shape index (κ3) is 2.93. The molecule has 0 saturated heterocycles. The molecule has 3 N–H and O–H groups in total. The van der Waals surface area contributed by atoms with Gasteiger partial charge in [-0.15, -0.1) is 0 Å². The molecular weight excluding hydrogens is 272 g/mol. The van der Waals surface area contributed by atoms with Crippen LogP contribution in [0.3, 0.4) is 0 Å². The summed E-state index contributed by atoms with van der Waals surface area (Å²) in [5.41, 5.74) is 6.10. The lowest BCUT2D eigenvalue weighted by molar-refractivity contribution is 0.578. The molecule has 3 nitrogen and oxygen atoms in total. The number of nitrogen functional groups attached to an aromatic ring is 1. The first-order chi connectivity index (χ1) is 8.99. The first-order valence-corrected chi connectivity index (χ1v) is 5.99. The van der Waals surface area contributed by atoms with Crippen LogP contribution in [0.5, 0.6) is 0 Å². The zero-order valence-corrected chi connectivity index (χ0v) is 10.9. The van der Waals surface area contributed by atoms with Crippen LogP contribution in [0.25, 0.3) is 0 Å². The Morgan fingerprint density at radius 3 is 2.63 bits per heavy atom. The number of nitrogens with two attached hydrogens (primary N) is 1. The summed E-state index contributed by atoms with van der Waals surface area (Å²) in [6.45, 7) is 1.79. The Balaban J connectivity index is 2.27.